The molecule has 130 valence electrons. The molecule has 0 atom stereocenters. The molecule has 0 aliphatic carbocycles. The molecule has 4 heteroatoms. The van der Waals surface area contributed by atoms with Crippen molar-refractivity contribution in [2.75, 3.05) is 12.4 Å². The van der Waals surface area contributed by atoms with Crippen LogP contribution in [0.2, 0.25) is 0 Å². The molecular weight excluding hydrogens is 324 g/mol. The van der Waals surface area contributed by atoms with Crippen molar-refractivity contribution in [2.24, 2.45) is 0 Å². The third kappa shape index (κ3) is 5.05. The standard InChI is InChI=1S/C22H20N2O2/c1-26-21-12-9-18(10-13-21)16-22(25)24-20-7-4-5-17(15-20)8-11-19-6-2-3-14-23-19/h2-15H,16H2,1H3,(H,24,25)/b11-8+. The van der Waals surface area contributed by atoms with Gasteiger partial charge in [0.25, 0.3) is 0 Å². The first-order valence-corrected chi connectivity index (χ1v) is 8.35. The Balaban J connectivity index is 1.62. The number of pyridine rings is 1. The Labute approximate surface area is 153 Å². The molecule has 0 fully saturated rings. The van der Waals surface area contributed by atoms with E-state index in [1.54, 1.807) is 13.3 Å². The largest absolute Gasteiger partial charge is 0.497 e. The van der Waals surface area contributed by atoms with E-state index < -0.39 is 0 Å². The van der Waals surface area contributed by atoms with Gasteiger partial charge < -0.3 is 10.1 Å². The smallest absolute Gasteiger partial charge is 0.228 e. The third-order valence-corrected chi connectivity index (χ3v) is 3.83. The molecule has 0 aliphatic heterocycles. The van der Waals surface area contributed by atoms with Crippen LogP contribution < -0.4 is 10.1 Å². The van der Waals surface area contributed by atoms with E-state index in [4.69, 9.17) is 4.74 Å². The summed E-state index contributed by atoms with van der Waals surface area (Å²) in [6, 6.07) is 21.0. The minimum Gasteiger partial charge on any atom is -0.497 e. The number of nitrogens with zero attached hydrogens (tertiary/aromatic N) is 1. The van der Waals surface area contributed by atoms with Gasteiger partial charge in [-0.2, -0.15) is 0 Å². The van der Waals surface area contributed by atoms with Crippen LogP contribution in [-0.4, -0.2) is 18.0 Å². The molecule has 0 saturated heterocycles. The van der Waals surface area contributed by atoms with Crippen LogP contribution in [0.5, 0.6) is 5.75 Å². The zero-order valence-corrected chi connectivity index (χ0v) is 14.6. The molecule has 0 bridgehead atoms. The summed E-state index contributed by atoms with van der Waals surface area (Å²) in [5.41, 5.74) is 3.60. The predicted molar refractivity (Wildman–Crippen MR) is 105 cm³/mol. The number of ether oxygens (including phenoxy) is 1. The Kier molecular flexibility index (Phi) is 5.78. The number of methoxy groups -OCH3 is 1. The molecule has 4 nitrogen and oxygen atoms in total. The molecule has 1 amide bonds. The molecule has 3 aromatic rings. The Hall–Kier alpha value is -3.40. The summed E-state index contributed by atoms with van der Waals surface area (Å²) in [4.78, 5) is 16.5. The van der Waals surface area contributed by atoms with E-state index in [2.05, 4.69) is 10.3 Å². The van der Waals surface area contributed by atoms with Gasteiger partial charge >= 0.3 is 0 Å². The molecule has 0 saturated carbocycles. The molecule has 1 heterocycles. The van der Waals surface area contributed by atoms with Gasteiger partial charge in [-0.05, 0) is 53.6 Å². The van der Waals surface area contributed by atoms with Crippen LogP contribution in [0.4, 0.5) is 5.69 Å². The van der Waals surface area contributed by atoms with Crippen LogP contribution in [0.1, 0.15) is 16.8 Å². The molecule has 1 N–H and O–H groups in total. The number of nitrogens with one attached hydrogen (secondary N) is 1. The van der Waals surface area contributed by atoms with E-state index in [1.807, 2.05) is 78.9 Å². The molecule has 2 aromatic carbocycles. The van der Waals surface area contributed by atoms with Gasteiger partial charge in [-0.1, -0.05) is 36.4 Å². The average Bonchev–Trinajstić information content (AvgIpc) is 2.68. The van der Waals surface area contributed by atoms with Crippen molar-refractivity contribution in [3.8, 4) is 5.75 Å². The number of rotatable bonds is 6. The second-order valence-electron chi connectivity index (χ2n) is 5.79. The fourth-order valence-electron chi connectivity index (χ4n) is 2.51. The lowest BCUT2D eigenvalue weighted by atomic mass is 10.1. The molecule has 0 spiro atoms. The quantitative estimate of drug-likeness (QED) is 0.719. The van der Waals surface area contributed by atoms with Crippen LogP contribution in [0.15, 0.2) is 72.9 Å². The number of aromatic nitrogens is 1. The lowest BCUT2D eigenvalue weighted by Crippen LogP contribution is -2.14. The van der Waals surface area contributed by atoms with Gasteiger partial charge in [-0.3, -0.25) is 9.78 Å². The first-order chi connectivity index (χ1) is 12.7. The summed E-state index contributed by atoms with van der Waals surface area (Å²) in [5.74, 6) is 0.725. The number of carbonyl (C=O) groups excluding carboxylic acids is 1. The summed E-state index contributed by atoms with van der Waals surface area (Å²) >= 11 is 0. The Morgan fingerprint density at radius 1 is 1.04 bits per heavy atom. The molecule has 0 radical (unpaired) electrons. The fourth-order valence-corrected chi connectivity index (χ4v) is 2.51. The number of carbonyl (C=O) groups is 1. The first-order valence-electron chi connectivity index (χ1n) is 8.35. The SMILES string of the molecule is COc1ccc(CC(=O)Nc2cccc(/C=C/c3ccccn3)c2)cc1. The van der Waals surface area contributed by atoms with Crippen molar-refractivity contribution in [2.45, 2.75) is 6.42 Å². The van der Waals surface area contributed by atoms with Gasteiger partial charge in [0.05, 0.1) is 19.2 Å². The Morgan fingerprint density at radius 3 is 2.62 bits per heavy atom. The number of hydrogen-bond acceptors (Lipinski definition) is 3. The zero-order valence-electron chi connectivity index (χ0n) is 14.6. The van der Waals surface area contributed by atoms with Crippen molar-refractivity contribution in [3.63, 3.8) is 0 Å². The second kappa shape index (κ2) is 8.62. The van der Waals surface area contributed by atoms with Crippen LogP contribution >= 0.6 is 0 Å². The van der Waals surface area contributed by atoms with Crippen molar-refractivity contribution >= 4 is 23.7 Å². The molecule has 3 rings (SSSR count). The average molecular weight is 344 g/mol. The lowest BCUT2D eigenvalue weighted by molar-refractivity contribution is -0.115. The van der Waals surface area contributed by atoms with Crippen molar-refractivity contribution in [3.05, 3.63) is 89.7 Å². The number of benzene rings is 2. The highest BCUT2D eigenvalue weighted by molar-refractivity contribution is 5.92. The van der Waals surface area contributed by atoms with Gasteiger partial charge in [0.1, 0.15) is 5.75 Å². The highest BCUT2D eigenvalue weighted by Crippen LogP contribution is 2.15. The molecule has 26 heavy (non-hydrogen) atoms. The van der Waals surface area contributed by atoms with Crippen LogP contribution in [0.25, 0.3) is 12.2 Å². The van der Waals surface area contributed by atoms with E-state index in [-0.39, 0.29) is 5.91 Å². The van der Waals surface area contributed by atoms with Crippen LogP contribution in [0.3, 0.4) is 0 Å². The summed E-state index contributed by atoms with van der Waals surface area (Å²) in [5, 5.41) is 2.94. The van der Waals surface area contributed by atoms with Crippen LogP contribution in [0, 0.1) is 0 Å². The molecular formula is C22H20N2O2. The summed E-state index contributed by atoms with van der Waals surface area (Å²) < 4.78 is 5.13. The summed E-state index contributed by atoms with van der Waals surface area (Å²) in [7, 11) is 1.62. The maximum atomic E-state index is 12.3. The maximum absolute atomic E-state index is 12.3. The van der Waals surface area contributed by atoms with Crippen molar-refractivity contribution in [1.82, 2.24) is 4.98 Å². The second-order valence-corrected chi connectivity index (χ2v) is 5.79. The minimum atomic E-state index is -0.0546. The number of amides is 1. The Bertz CT molecular complexity index is 888. The topological polar surface area (TPSA) is 51.2 Å². The van der Waals surface area contributed by atoms with E-state index >= 15 is 0 Å². The summed E-state index contributed by atoms with van der Waals surface area (Å²) in [6.45, 7) is 0. The highest BCUT2D eigenvalue weighted by atomic mass is 16.5. The van der Waals surface area contributed by atoms with E-state index in [0.717, 1.165) is 28.3 Å². The summed E-state index contributed by atoms with van der Waals surface area (Å²) in [6.07, 6.45) is 5.99. The van der Waals surface area contributed by atoms with E-state index in [1.165, 1.54) is 0 Å². The van der Waals surface area contributed by atoms with Gasteiger partial charge in [0, 0.05) is 11.9 Å². The molecule has 0 aliphatic rings. The third-order valence-electron chi connectivity index (χ3n) is 3.83. The van der Waals surface area contributed by atoms with Crippen molar-refractivity contribution < 1.29 is 9.53 Å². The molecule has 1 aromatic heterocycles. The lowest BCUT2D eigenvalue weighted by Gasteiger charge is -2.07. The number of hydrogen-bond donors (Lipinski definition) is 1. The monoisotopic (exact) mass is 344 g/mol. The predicted octanol–water partition coefficient (Wildman–Crippen LogP) is 4.44. The van der Waals surface area contributed by atoms with Gasteiger partial charge in [-0.15, -0.1) is 0 Å². The van der Waals surface area contributed by atoms with Gasteiger partial charge in [0.15, 0.2) is 0 Å². The molecule has 0 unspecified atom stereocenters. The highest BCUT2D eigenvalue weighted by Gasteiger charge is 2.05. The minimum absolute atomic E-state index is 0.0546. The first kappa shape index (κ1) is 17.4. The van der Waals surface area contributed by atoms with Crippen LogP contribution in [-0.2, 0) is 11.2 Å². The van der Waals surface area contributed by atoms with Crippen molar-refractivity contribution in [1.29, 1.82) is 0 Å². The maximum Gasteiger partial charge on any atom is 0.228 e. The fraction of sp³-hybridized carbons (Fsp3) is 0.0909. The van der Waals surface area contributed by atoms with Gasteiger partial charge in [0.2, 0.25) is 5.91 Å². The van der Waals surface area contributed by atoms with Gasteiger partial charge in [-0.25, -0.2) is 0 Å². The Morgan fingerprint density at radius 2 is 1.88 bits per heavy atom. The van der Waals surface area contributed by atoms with E-state index in [0.29, 0.717) is 6.42 Å². The normalized spacial score (nSPS) is 10.7. The number of anilines is 1. The van der Waals surface area contributed by atoms with E-state index in [9.17, 15) is 4.79 Å². The zero-order chi connectivity index (χ0) is 18.2.